The van der Waals surface area contributed by atoms with Crippen LogP contribution in [0.3, 0.4) is 0 Å². The van der Waals surface area contributed by atoms with Crippen LogP contribution in [0.2, 0.25) is 0 Å². The second-order valence-electron chi connectivity index (χ2n) is 4.88. The largest absolute Gasteiger partial charge is 0.481 e. The van der Waals surface area contributed by atoms with Gasteiger partial charge in [-0.25, -0.2) is 0 Å². The van der Waals surface area contributed by atoms with E-state index in [-0.39, 0.29) is 17.9 Å². The van der Waals surface area contributed by atoms with Crippen molar-refractivity contribution in [2.24, 2.45) is 5.92 Å². The highest BCUT2D eigenvalue weighted by Gasteiger charge is 2.27. The number of amides is 1. The van der Waals surface area contributed by atoms with E-state index < -0.39 is 5.97 Å². The van der Waals surface area contributed by atoms with Crippen LogP contribution in [0.4, 0.5) is 0 Å². The number of hydrogen-bond acceptors (Lipinski definition) is 2. The number of carboxylic acid groups (broad SMARTS) is 1. The summed E-state index contributed by atoms with van der Waals surface area (Å²) in [7, 11) is 0. The predicted molar refractivity (Wildman–Crippen MR) is 80.0 cm³/mol. The van der Waals surface area contributed by atoms with Crippen molar-refractivity contribution in [1.82, 2.24) is 5.32 Å². The van der Waals surface area contributed by atoms with Crippen molar-refractivity contribution in [2.45, 2.75) is 31.7 Å². The number of hydrogen-bond donors (Lipinski definition) is 2. The smallest absolute Gasteiger partial charge is 0.306 e. The van der Waals surface area contributed by atoms with E-state index in [1.165, 1.54) is 0 Å². The van der Waals surface area contributed by atoms with E-state index in [0.29, 0.717) is 18.4 Å². The third-order valence-corrected chi connectivity index (χ3v) is 4.18. The van der Waals surface area contributed by atoms with Gasteiger partial charge in [-0.15, -0.1) is 0 Å². The Hall–Kier alpha value is -1.11. The number of carbonyl (C=O) groups excluding carboxylic acids is 1. The fourth-order valence-electron chi connectivity index (χ4n) is 2.42. The van der Waals surface area contributed by atoms with Gasteiger partial charge in [0, 0.05) is 15.2 Å². The zero-order valence-corrected chi connectivity index (χ0v) is 12.6. The zero-order chi connectivity index (χ0) is 13.8. The monoisotopic (exact) mass is 373 g/mol. The molecule has 5 heteroatoms. The van der Waals surface area contributed by atoms with Gasteiger partial charge in [-0.3, -0.25) is 9.59 Å². The Balaban J connectivity index is 1.95. The Morgan fingerprint density at radius 3 is 2.53 bits per heavy atom. The van der Waals surface area contributed by atoms with Crippen LogP contribution in [0.15, 0.2) is 24.3 Å². The third-order valence-electron chi connectivity index (χ3n) is 3.47. The number of benzene rings is 1. The lowest BCUT2D eigenvalue weighted by atomic mass is 9.85. The third kappa shape index (κ3) is 3.92. The molecule has 1 aliphatic rings. The number of carbonyl (C=O) groups is 2. The highest BCUT2D eigenvalue weighted by molar-refractivity contribution is 14.1. The van der Waals surface area contributed by atoms with Crippen LogP contribution in [-0.2, 0) is 4.79 Å². The molecule has 0 radical (unpaired) electrons. The lowest BCUT2D eigenvalue weighted by molar-refractivity contribution is -0.143. The summed E-state index contributed by atoms with van der Waals surface area (Å²) in [5, 5.41) is 12.0. The molecule has 1 aromatic rings. The Morgan fingerprint density at radius 2 is 1.89 bits per heavy atom. The van der Waals surface area contributed by atoms with E-state index in [0.717, 1.165) is 16.4 Å². The SMILES string of the molecule is O=C(NC1CCCC(C(=O)O)C1)c1ccc(I)cc1. The quantitative estimate of drug-likeness (QED) is 0.801. The molecule has 2 N–H and O–H groups in total. The van der Waals surface area contributed by atoms with Gasteiger partial charge in [0.2, 0.25) is 0 Å². The van der Waals surface area contributed by atoms with Crippen molar-refractivity contribution in [3.05, 3.63) is 33.4 Å². The molecule has 1 aliphatic carbocycles. The van der Waals surface area contributed by atoms with Gasteiger partial charge in [-0.2, -0.15) is 0 Å². The molecule has 0 saturated heterocycles. The molecule has 19 heavy (non-hydrogen) atoms. The fourth-order valence-corrected chi connectivity index (χ4v) is 2.77. The van der Waals surface area contributed by atoms with Crippen molar-refractivity contribution in [1.29, 1.82) is 0 Å². The molecule has 0 aromatic heterocycles. The fraction of sp³-hybridized carbons (Fsp3) is 0.429. The molecule has 0 aliphatic heterocycles. The Kier molecular flexibility index (Phi) is 4.79. The normalized spacial score (nSPS) is 22.8. The van der Waals surface area contributed by atoms with E-state index in [2.05, 4.69) is 27.9 Å². The van der Waals surface area contributed by atoms with Gasteiger partial charge in [-0.05, 0) is 66.1 Å². The minimum atomic E-state index is -0.756. The first kappa shape index (κ1) is 14.3. The standard InChI is InChI=1S/C14H16INO3/c15-11-6-4-9(5-7-11)13(17)16-12-3-1-2-10(8-12)14(18)19/h4-7,10,12H,1-3,8H2,(H,16,17)(H,18,19). The first-order valence-electron chi connectivity index (χ1n) is 6.35. The number of halogens is 1. The van der Waals surface area contributed by atoms with Crippen molar-refractivity contribution in [3.63, 3.8) is 0 Å². The topological polar surface area (TPSA) is 66.4 Å². The summed E-state index contributed by atoms with van der Waals surface area (Å²) in [6.07, 6.45) is 2.96. The molecule has 1 aromatic carbocycles. The van der Waals surface area contributed by atoms with E-state index in [9.17, 15) is 9.59 Å². The lowest BCUT2D eigenvalue weighted by Gasteiger charge is -2.27. The van der Waals surface area contributed by atoms with Crippen LogP contribution < -0.4 is 5.32 Å². The summed E-state index contributed by atoms with van der Waals surface area (Å²) in [6, 6.07) is 7.32. The number of nitrogens with one attached hydrogen (secondary N) is 1. The minimum Gasteiger partial charge on any atom is -0.481 e. The van der Waals surface area contributed by atoms with Crippen molar-refractivity contribution in [3.8, 4) is 0 Å². The molecular weight excluding hydrogens is 357 g/mol. The van der Waals surface area contributed by atoms with Gasteiger partial charge in [0.25, 0.3) is 5.91 Å². The first-order chi connectivity index (χ1) is 9.06. The molecule has 4 nitrogen and oxygen atoms in total. The molecule has 2 atom stereocenters. The average Bonchev–Trinajstić information content (AvgIpc) is 2.39. The molecule has 0 bridgehead atoms. The molecule has 1 amide bonds. The van der Waals surface area contributed by atoms with Crippen LogP contribution in [0.1, 0.15) is 36.0 Å². The van der Waals surface area contributed by atoms with Crippen LogP contribution in [-0.4, -0.2) is 23.0 Å². The number of aliphatic carboxylic acids is 1. The minimum absolute atomic E-state index is 0.0263. The lowest BCUT2D eigenvalue weighted by Crippen LogP contribution is -2.39. The van der Waals surface area contributed by atoms with E-state index in [1.807, 2.05) is 12.1 Å². The van der Waals surface area contributed by atoms with Crippen molar-refractivity contribution in [2.75, 3.05) is 0 Å². The summed E-state index contributed by atoms with van der Waals surface area (Å²) >= 11 is 2.19. The van der Waals surface area contributed by atoms with Crippen molar-refractivity contribution >= 4 is 34.5 Å². The van der Waals surface area contributed by atoms with E-state index in [4.69, 9.17) is 5.11 Å². The highest BCUT2D eigenvalue weighted by Crippen LogP contribution is 2.24. The highest BCUT2D eigenvalue weighted by atomic mass is 127. The second kappa shape index (κ2) is 6.36. The summed E-state index contributed by atoms with van der Waals surface area (Å²) in [5.41, 5.74) is 0.623. The van der Waals surface area contributed by atoms with Crippen LogP contribution in [0.25, 0.3) is 0 Å². The number of rotatable bonds is 3. The van der Waals surface area contributed by atoms with E-state index in [1.54, 1.807) is 12.1 Å². The van der Waals surface area contributed by atoms with Gasteiger partial charge in [0.15, 0.2) is 0 Å². The van der Waals surface area contributed by atoms with Gasteiger partial charge in [-0.1, -0.05) is 6.42 Å². The van der Waals surface area contributed by atoms with Gasteiger partial charge < -0.3 is 10.4 Å². The van der Waals surface area contributed by atoms with Gasteiger partial charge in [0.1, 0.15) is 0 Å². The van der Waals surface area contributed by atoms with Crippen LogP contribution >= 0.6 is 22.6 Å². The summed E-state index contributed by atoms with van der Waals surface area (Å²) in [5.74, 6) is -1.20. The molecule has 102 valence electrons. The second-order valence-corrected chi connectivity index (χ2v) is 6.12. The Labute approximate surface area is 125 Å². The molecular formula is C14H16INO3. The Bertz CT molecular complexity index is 472. The summed E-state index contributed by atoms with van der Waals surface area (Å²) in [4.78, 5) is 23.0. The molecule has 1 saturated carbocycles. The molecule has 2 rings (SSSR count). The summed E-state index contributed by atoms with van der Waals surface area (Å²) in [6.45, 7) is 0. The van der Waals surface area contributed by atoms with Crippen LogP contribution in [0.5, 0.6) is 0 Å². The Morgan fingerprint density at radius 1 is 1.21 bits per heavy atom. The maximum Gasteiger partial charge on any atom is 0.306 e. The van der Waals surface area contributed by atoms with Crippen LogP contribution in [0, 0.1) is 9.49 Å². The average molecular weight is 373 g/mol. The zero-order valence-electron chi connectivity index (χ0n) is 10.4. The summed E-state index contributed by atoms with van der Waals surface area (Å²) < 4.78 is 1.08. The number of carboxylic acids is 1. The molecule has 2 unspecified atom stereocenters. The van der Waals surface area contributed by atoms with E-state index >= 15 is 0 Å². The predicted octanol–water partition coefficient (Wildman–Crippen LogP) is 2.66. The van der Waals surface area contributed by atoms with Gasteiger partial charge in [0.05, 0.1) is 5.92 Å². The van der Waals surface area contributed by atoms with Gasteiger partial charge >= 0.3 is 5.97 Å². The maximum absolute atomic E-state index is 12.0. The molecule has 1 fully saturated rings. The molecule has 0 spiro atoms. The van der Waals surface area contributed by atoms with Crippen molar-refractivity contribution < 1.29 is 14.7 Å². The first-order valence-corrected chi connectivity index (χ1v) is 7.43. The maximum atomic E-state index is 12.0. The molecule has 0 heterocycles.